The lowest BCUT2D eigenvalue weighted by Crippen LogP contribution is -2.61. The van der Waals surface area contributed by atoms with Gasteiger partial charge in [-0.2, -0.15) is 0 Å². The van der Waals surface area contributed by atoms with Gasteiger partial charge in [0.15, 0.2) is 0 Å². The zero-order valence-electron chi connectivity index (χ0n) is 9.64. The fraction of sp³-hybridized carbons (Fsp3) is 0.333. The summed E-state index contributed by atoms with van der Waals surface area (Å²) in [6.45, 7) is 0.745. The molecule has 4 N–H and O–H groups in total. The zero-order chi connectivity index (χ0) is 12.9. The van der Waals surface area contributed by atoms with Gasteiger partial charge in [-0.25, -0.2) is 0 Å². The van der Waals surface area contributed by atoms with E-state index < -0.39 is 24.0 Å². The van der Waals surface area contributed by atoms with E-state index in [0.717, 1.165) is 5.56 Å². The number of nitrogens with one attached hydrogen (secondary N) is 1. The summed E-state index contributed by atoms with van der Waals surface area (Å²) in [5.41, 5.74) is 4.64. The first-order valence-electron chi connectivity index (χ1n) is 5.23. The van der Waals surface area contributed by atoms with Crippen LogP contribution in [0, 0.1) is 0 Å². The van der Waals surface area contributed by atoms with Gasteiger partial charge in [-0.3, -0.25) is 9.59 Å². The summed E-state index contributed by atoms with van der Waals surface area (Å²) in [5, 5.41) is 11.8. The summed E-state index contributed by atoms with van der Waals surface area (Å²) in [6, 6.07) is 9.07. The molecule has 17 heavy (non-hydrogen) atoms. The van der Waals surface area contributed by atoms with E-state index >= 15 is 0 Å². The minimum atomic E-state index is -1.44. The molecule has 1 rings (SSSR count). The molecule has 1 aromatic rings. The van der Waals surface area contributed by atoms with Crippen molar-refractivity contribution in [2.75, 3.05) is 6.61 Å². The summed E-state index contributed by atoms with van der Waals surface area (Å²) >= 11 is 0. The molecular weight excluding hydrogens is 220 g/mol. The largest absolute Gasteiger partial charge is 0.393 e. The Kier molecular flexibility index (Phi) is 4.23. The van der Waals surface area contributed by atoms with Crippen molar-refractivity contribution in [2.45, 2.75) is 18.9 Å². The molecule has 0 bridgehead atoms. The van der Waals surface area contributed by atoms with Crippen LogP contribution in [0.1, 0.15) is 12.5 Å². The Morgan fingerprint density at radius 1 is 1.35 bits per heavy atom. The molecule has 1 aromatic carbocycles. The predicted molar refractivity (Wildman–Crippen MR) is 63.0 cm³/mol. The van der Waals surface area contributed by atoms with E-state index in [4.69, 9.17) is 5.73 Å². The first kappa shape index (κ1) is 13.2. The van der Waals surface area contributed by atoms with Crippen LogP contribution in [0.5, 0.6) is 0 Å². The molecule has 5 heteroatoms. The van der Waals surface area contributed by atoms with E-state index in [1.807, 2.05) is 18.2 Å². The topological polar surface area (TPSA) is 92.4 Å². The third-order valence-electron chi connectivity index (χ3n) is 2.51. The van der Waals surface area contributed by atoms with Crippen molar-refractivity contribution in [1.29, 1.82) is 0 Å². The first-order valence-corrected chi connectivity index (χ1v) is 5.23. The number of amides is 2. The first-order chi connectivity index (χ1) is 8.00. The molecule has 0 aliphatic heterocycles. The minimum Gasteiger partial charge on any atom is -0.393 e. The molecular formula is C12H16N2O3. The van der Waals surface area contributed by atoms with Gasteiger partial charge in [-0.05, 0) is 5.56 Å². The number of carbonyl (C=O) groups excluding carboxylic acids is 2. The molecule has 5 nitrogen and oxygen atoms in total. The second kappa shape index (κ2) is 5.45. The Hall–Kier alpha value is -1.88. The predicted octanol–water partition coefficient (Wildman–Crippen LogP) is -0.418. The molecule has 2 amide bonds. The third kappa shape index (κ3) is 3.29. The zero-order valence-corrected chi connectivity index (χ0v) is 9.64. The monoisotopic (exact) mass is 236 g/mol. The van der Waals surface area contributed by atoms with Gasteiger partial charge in [0.2, 0.25) is 11.8 Å². The van der Waals surface area contributed by atoms with Crippen molar-refractivity contribution in [3.8, 4) is 0 Å². The highest BCUT2D eigenvalue weighted by molar-refractivity contribution is 5.90. The smallest absolute Gasteiger partial charge is 0.245 e. The Balaban J connectivity index is 2.98. The molecule has 0 aliphatic rings. The molecule has 92 valence electrons. The standard InChI is InChI=1S/C12H16N2O3/c1-9(16)14-12(8-15,11(13)17)7-10-5-3-2-4-6-10/h2-6,15H,7-8H2,1H3,(H2,13,17)(H,14,16). The number of benzene rings is 1. The molecule has 0 heterocycles. The van der Waals surface area contributed by atoms with Crippen LogP contribution >= 0.6 is 0 Å². The highest BCUT2D eigenvalue weighted by atomic mass is 16.3. The van der Waals surface area contributed by atoms with Gasteiger partial charge in [0.05, 0.1) is 6.61 Å². The lowest BCUT2D eigenvalue weighted by Gasteiger charge is -2.29. The van der Waals surface area contributed by atoms with Crippen molar-refractivity contribution in [3.63, 3.8) is 0 Å². The van der Waals surface area contributed by atoms with E-state index in [1.165, 1.54) is 6.92 Å². The van der Waals surface area contributed by atoms with Gasteiger partial charge < -0.3 is 16.2 Å². The summed E-state index contributed by atoms with van der Waals surface area (Å²) < 4.78 is 0. The minimum absolute atomic E-state index is 0.166. The Morgan fingerprint density at radius 3 is 2.35 bits per heavy atom. The molecule has 0 saturated carbocycles. The Bertz CT molecular complexity index is 405. The summed E-state index contributed by atoms with van der Waals surface area (Å²) in [4.78, 5) is 22.5. The SMILES string of the molecule is CC(=O)NC(CO)(Cc1ccccc1)C(N)=O. The van der Waals surface area contributed by atoms with Gasteiger partial charge in [0.1, 0.15) is 5.54 Å². The van der Waals surface area contributed by atoms with E-state index in [0.29, 0.717) is 0 Å². The summed E-state index contributed by atoms with van der Waals surface area (Å²) in [7, 11) is 0. The van der Waals surface area contributed by atoms with E-state index in [-0.39, 0.29) is 6.42 Å². The molecule has 0 fully saturated rings. The van der Waals surface area contributed by atoms with Crippen LogP contribution in [-0.4, -0.2) is 29.1 Å². The van der Waals surface area contributed by atoms with E-state index in [2.05, 4.69) is 5.32 Å². The van der Waals surface area contributed by atoms with E-state index in [1.54, 1.807) is 12.1 Å². The number of carbonyl (C=O) groups is 2. The van der Waals surface area contributed by atoms with Gasteiger partial charge in [-0.15, -0.1) is 0 Å². The highest BCUT2D eigenvalue weighted by Gasteiger charge is 2.37. The van der Waals surface area contributed by atoms with Gasteiger partial charge >= 0.3 is 0 Å². The van der Waals surface area contributed by atoms with E-state index in [9.17, 15) is 14.7 Å². The fourth-order valence-electron chi connectivity index (χ4n) is 1.65. The van der Waals surface area contributed by atoms with Crippen LogP contribution in [0.4, 0.5) is 0 Å². The number of hydrogen-bond donors (Lipinski definition) is 3. The maximum atomic E-state index is 11.4. The number of rotatable bonds is 5. The highest BCUT2D eigenvalue weighted by Crippen LogP contribution is 2.13. The maximum Gasteiger partial charge on any atom is 0.245 e. The Morgan fingerprint density at radius 2 is 1.94 bits per heavy atom. The summed E-state index contributed by atoms with van der Waals surface area (Å²) in [5.74, 6) is -1.16. The number of hydrogen-bond acceptors (Lipinski definition) is 3. The van der Waals surface area contributed by atoms with Crippen LogP contribution < -0.4 is 11.1 Å². The van der Waals surface area contributed by atoms with Crippen LogP contribution in [0.3, 0.4) is 0 Å². The molecule has 1 unspecified atom stereocenters. The van der Waals surface area contributed by atoms with Gasteiger partial charge in [0.25, 0.3) is 0 Å². The average molecular weight is 236 g/mol. The molecule has 0 aromatic heterocycles. The van der Waals surface area contributed by atoms with Crippen LogP contribution in [0.2, 0.25) is 0 Å². The molecule has 0 radical (unpaired) electrons. The number of aliphatic hydroxyl groups is 1. The number of primary amides is 1. The maximum absolute atomic E-state index is 11.4. The number of aliphatic hydroxyl groups excluding tert-OH is 1. The van der Waals surface area contributed by atoms with Crippen molar-refractivity contribution in [2.24, 2.45) is 5.73 Å². The van der Waals surface area contributed by atoms with Crippen LogP contribution in [0.15, 0.2) is 30.3 Å². The van der Waals surface area contributed by atoms with Crippen molar-refractivity contribution in [1.82, 2.24) is 5.32 Å². The lowest BCUT2D eigenvalue weighted by atomic mass is 9.90. The molecule has 0 saturated heterocycles. The van der Waals surface area contributed by atoms with Gasteiger partial charge in [-0.1, -0.05) is 30.3 Å². The lowest BCUT2D eigenvalue weighted by molar-refractivity contribution is -0.132. The second-order valence-corrected chi connectivity index (χ2v) is 3.95. The molecule has 0 aliphatic carbocycles. The van der Waals surface area contributed by atoms with Gasteiger partial charge in [0, 0.05) is 13.3 Å². The second-order valence-electron chi connectivity index (χ2n) is 3.95. The van der Waals surface area contributed by atoms with Crippen molar-refractivity contribution >= 4 is 11.8 Å². The number of nitrogens with two attached hydrogens (primary N) is 1. The van der Waals surface area contributed by atoms with Crippen LogP contribution in [0.25, 0.3) is 0 Å². The Labute approximate surface area is 99.6 Å². The average Bonchev–Trinajstić information content (AvgIpc) is 2.28. The molecule has 1 atom stereocenters. The van der Waals surface area contributed by atoms with Crippen molar-refractivity contribution < 1.29 is 14.7 Å². The summed E-state index contributed by atoms with van der Waals surface area (Å²) in [6.07, 6.45) is 0.166. The van der Waals surface area contributed by atoms with Crippen LogP contribution in [-0.2, 0) is 16.0 Å². The third-order valence-corrected chi connectivity index (χ3v) is 2.51. The normalized spacial score (nSPS) is 13.8. The fourth-order valence-corrected chi connectivity index (χ4v) is 1.65. The molecule has 0 spiro atoms. The van der Waals surface area contributed by atoms with Crippen molar-refractivity contribution in [3.05, 3.63) is 35.9 Å². The quantitative estimate of drug-likeness (QED) is 0.648.